The van der Waals surface area contributed by atoms with Gasteiger partial charge in [-0.3, -0.25) is 4.79 Å². The summed E-state index contributed by atoms with van der Waals surface area (Å²) in [6.45, 7) is 0. The topological polar surface area (TPSA) is 34.9 Å². The van der Waals surface area contributed by atoms with Crippen molar-refractivity contribution in [1.29, 1.82) is 0 Å². The van der Waals surface area contributed by atoms with Crippen molar-refractivity contribution in [2.45, 2.75) is 6.18 Å². The van der Waals surface area contributed by atoms with Crippen molar-refractivity contribution in [3.05, 3.63) is 45.3 Å². The van der Waals surface area contributed by atoms with Gasteiger partial charge in [0.1, 0.15) is 0 Å². The maximum atomic E-state index is 12.7. The molecular weight excluding hydrogens is 360 g/mol. The van der Waals surface area contributed by atoms with Crippen LogP contribution in [0.5, 0.6) is 0 Å². The van der Waals surface area contributed by atoms with E-state index in [1.54, 1.807) is 6.20 Å². The summed E-state index contributed by atoms with van der Waals surface area (Å²) < 4.78 is 40.4. The fraction of sp³-hybridized carbons (Fsp3) is 0.0909. The van der Waals surface area contributed by atoms with Crippen molar-refractivity contribution in [3.8, 4) is 5.69 Å². The zero-order chi connectivity index (χ0) is 13.3. The van der Waals surface area contributed by atoms with E-state index in [9.17, 15) is 18.0 Å². The number of aromatic nitrogens is 2. The monoisotopic (exact) mass is 366 g/mol. The third kappa shape index (κ3) is 2.55. The number of hydrogen-bond donors (Lipinski definition) is 0. The number of hydrogen-bond acceptors (Lipinski definition) is 2. The smallest absolute Gasteiger partial charge is 0.298 e. The predicted octanol–water partition coefficient (Wildman–Crippen LogP) is 3.31. The molecule has 0 saturated heterocycles. The average Bonchev–Trinajstić information content (AvgIpc) is 2.74. The van der Waals surface area contributed by atoms with E-state index in [1.165, 1.54) is 16.9 Å². The van der Waals surface area contributed by atoms with Crippen LogP contribution >= 0.6 is 22.6 Å². The van der Waals surface area contributed by atoms with E-state index in [4.69, 9.17) is 0 Å². The van der Waals surface area contributed by atoms with Gasteiger partial charge in [0.15, 0.2) is 6.29 Å². The van der Waals surface area contributed by atoms with E-state index in [2.05, 4.69) is 5.10 Å². The SMILES string of the molecule is O=Cc1ccc(-n2cc(I)cn2)cc1C(F)(F)F. The lowest BCUT2D eigenvalue weighted by atomic mass is 10.1. The summed E-state index contributed by atoms with van der Waals surface area (Å²) >= 11 is 2.00. The first-order valence-electron chi connectivity index (χ1n) is 4.79. The average molecular weight is 366 g/mol. The minimum absolute atomic E-state index is 0.194. The Morgan fingerprint density at radius 1 is 1.33 bits per heavy atom. The van der Waals surface area contributed by atoms with Crippen molar-refractivity contribution in [2.24, 2.45) is 0 Å². The summed E-state index contributed by atoms with van der Waals surface area (Å²) in [7, 11) is 0. The fourth-order valence-electron chi connectivity index (χ4n) is 1.48. The molecule has 3 nitrogen and oxygen atoms in total. The molecule has 0 spiro atoms. The molecular formula is C11H6F3IN2O. The molecule has 0 atom stereocenters. The van der Waals surface area contributed by atoms with Crippen LogP contribution in [-0.2, 0) is 6.18 Å². The second-order valence-electron chi connectivity index (χ2n) is 3.49. The van der Waals surface area contributed by atoms with Gasteiger partial charge in [-0.15, -0.1) is 0 Å². The molecule has 1 aromatic heterocycles. The summed E-state index contributed by atoms with van der Waals surface area (Å²) in [4.78, 5) is 10.6. The Morgan fingerprint density at radius 3 is 2.56 bits per heavy atom. The molecule has 0 bridgehead atoms. The van der Waals surface area contributed by atoms with Crippen LogP contribution in [0, 0.1) is 3.57 Å². The minimum atomic E-state index is -4.56. The molecule has 0 amide bonds. The molecule has 1 aromatic carbocycles. The van der Waals surface area contributed by atoms with Gasteiger partial charge in [0.05, 0.1) is 21.0 Å². The summed E-state index contributed by atoms with van der Waals surface area (Å²) in [6.07, 6.45) is -1.25. The van der Waals surface area contributed by atoms with Crippen LogP contribution < -0.4 is 0 Å². The molecule has 94 valence electrons. The van der Waals surface area contributed by atoms with E-state index < -0.39 is 11.7 Å². The number of carbonyl (C=O) groups is 1. The van der Waals surface area contributed by atoms with Crippen LogP contribution in [0.1, 0.15) is 15.9 Å². The number of carbonyl (C=O) groups excluding carboxylic acids is 1. The van der Waals surface area contributed by atoms with Crippen molar-refractivity contribution in [1.82, 2.24) is 9.78 Å². The summed E-state index contributed by atoms with van der Waals surface area (Å²) in [5, 5.41) is 3.92. The van der Waals surface area contributed by atoms with E-state index >= 15 is 0 Å². The van der Waals surface area contributed by atoms with Gasteiger partial charge in [-0.25, -0.2) is 4.68 Å². The standard InChI is InChI=1S/C11H6F3IN2O/c12-11(13,14)10-3-9(2-1-7(10)6-18)17-5-8(15)4-16-17/h1-6H. The molecule has 0 aliphatic rings. The molecule has 0 fully saturated rings. The van der Waals surface area contributed by atoms with Gasteiger partial charge in [0.25, 0.3) is 0 Å². The number of aldehydes is 1. The van der Waals surface area contributed by atoms with Crippen LogP contribution in [-0.4, -0.2) is 16.1 Å². The normalized spacial score (nSPS) is 11.6. The van der Waals surface area contributed by atoms with Crippen LogP contribution in [0.15, 0.2) is 30.6 Å². The van der Waals surface area contributed by atoms with E-state index in [1.807, 2.05) is 22.6 Å². The molecule has 0 N–H and O–H groups in total. The highest BCUT2D eigenvalue weighted by Crippen LogP contribution is 2.32. The lowest BCUT2D eigenvalue weighted by Crippen LogP contribution is -2.10. The molecule has 0 radical (unpaired) electrons. The first-order valence-corrected chi connectivity index (χ1v) is 5.86. The molecule has 2 rings (SSSR count). The van der Waals surface area contributed by atoms with Gasteiger partial charge in [-0.2, -0.15) is 18.3 Å². The lowest BCUT2D eigenvalue weighted by Gasteiger charge is -2.11. The molecule has 1 heterocycles. The van der Waals surface area contributed by atoms with Crippen molar-refractivity contribution in [3.63, 3.8) is 0 Å². The number of halogens is 4. The Morgan fingerprint density at radius 2 is 2.06 bits per heavy atom. The molecule has 0 saturated carbocycles. The summed E-state index contributed by atoms with van der Waals surface area (Å²) in [5.41, 5.74) is -1.08. The number of nitrogens with zero attached hydrogens (tertiary/aromatic N) is 2. The lowest BCUT2D eigenvalue weighted by molar-refractivity contribution is -0.137. The second-order valence-corrected chi connectivity index (χ2v) is 4.74. The third-order valence-corrected chi connectivity index (χ3v) is 2.84. The van der Waals surface area contributed by atoms with Crippen LogP contribution in [0.3, 0.4) is 0 Å². The quantitative estimate of drug-likeness (QED) is 0.604. The maximum absolute atomic E-state index is 12.7. The molecule has 2 aromatic rings. The van der Waals surface area contributed by atoms with Crippen molar-refractivity contribution < 1.29 is 18.0 Å². The molecule has 18 heavy (non-hydrogen) atoms. The number of benzene rings is 1. The zero-order valence-corrected chi connectivity index (χ0v) is 10.9. The summed E-state index contributed by atoms with van der Waals surface area (Å²) in [6, 6.07) is 3.47. The summed E-state index contributed by atoms with van der Waals surface area (Å²) in [5.74, 6) is 0. The van der Waals surface area contributed by atoms with Gasteiger partial charge in [0.2, 0.25) is 0 Å². The maximum Gasteiger partial charge on any atom is 0.417 e. The minimum Gasteiger partial charge on any atom is -0.298 e. The Hall–Kier alpha value is -1.38. The third-order valence-electron chi connectivity index (χ3n) is 2.28. The first kappa shape index (κ1) is 13.1. The molecule has 0 aliphatic heterocycles. The highest BCUT2D eigenvalue weighted by atomic mass is 127. The van der Waals surface area contributed by atoms with Gasteiger partial charge in [-0.1, -0.05) is 0 Å². The molecule has 0 unspecified atom stereocenters. The Kier molecular flexibility index (Phi) is 3.42. The predicted molar refractivity (Wildman–Crippen MR) is 66.7 cm³/mol. The highest BCUT2D eigenvalue weighted by molar-refractivity contribution is 14.1. The first-order chi connectivity index (χ1) is 8.41. The molecule has 0 aliphatic carbocycles. The van der Waals surface area contributed by atoms with E-state index in [0.29, 0.717) is 0 Å². The largest absolute Gasteiger partial charge is 0.417 e. The van der Waals surface area contributed by atoms with Crippen LogP contribution in [0.2, 0.25) is 0 Å². The van der Waals surface area contributed by atoms with Gasteiger partial charge >= 0.3 is 6.18 Å². The van der Waals surface area contributed by atoms with Gasteiger partial charge in [-0.05, 0) is 40.8 Å². The van der Waals surface area contributed by atoms with E-state index in [0.717, 1.165) is 15.7 Å². The molecule has 7 heteroatoms. The van der Waals surface area contributed by atoms with Crippen LogP contribution in [0.4, 0.5) is 13.2 Å². The Balaban J connectivity index is 2.56. The van der Waals surface area contributed by atoms with Gasteiger partial charge in [0, 0.05) is 11.8 Å². The van der Waals surface area contributed by atoms with Crippen LogP contribution in [0.25, 0.3) is 5.69 Å². The number of alkyl halides is 3. The zero-order valence-electron chi connectivity index (χ0n) is 8.78. The highest BCUT2D eigenvalue weighted by Gasteiger charge is 2.33. The van der Waals surface area contributed by atoms with Crippen molar-refractivity contribution in [2.75, 3.05) is 0 Å². The Labute approximate surface area is 114 Å². The van der Waals surface area contributed by atoms with Gasteiger partial charge < -0.3 is 0 Å². The van der Waals surface area contributed by atoms with E-state index in [-0.39, 0.29) is 17.5 Å². The fourth-order valence-corrected chi connectivity index (χ4v) is 1.87. The Bertz CT molecular complexity index is 592. The van der Waals surface area contributed by atoms with Crippen molar-refractivity contribution >= 4 is 28.9 Å². The number of rotatable bonds is 2. The second kappa shape index (κ2) is 4.71.